The number of nitrogens with one attached hydrogen (secondary N) is 1. The summed E-state index contributed by atoms with van der Waals surface area (Å²) in [5, 5.41) is 2.81. The molecule has 2 aromatic carbocycles. The van der Waals surface area contributed by atoms with Crippen molar-refractivity contribution in [2.24, 2.45) is 0 Å². The second kappa shape index (κ2) is 6.12. The van der Waals surface area contributed by atoms with Crippen molar-refractivity contribution in [1.82, 2.24) is 0 Å². The molecule has 0 aliphatic rings. The number of carbonyl (C=O) groups excluding carboxylic acids is 1. The number of hydrogen-bond acceptors (Lipinski definition) is 3. The molecule has 0 aromatic heterocycles. The number of carbonyl (C=O) groups is 1. The quantitative estimate of drug-likeness (QED) is 0.831. The minimum Gasteiger partial charge on any atom is -0.495 e. The third kappa shape index (κ3) is 3.52. The number of thiol groups is 1. The topological polar surface area (TPSA) is 38.3 Å². The van der Waals surface area contributed by atoms with E-state index in [1.165, 1.54) is 0 Å². The molecule has 0 aliphatic carbocycles. The van der Waals surface area contributed by atoms with Gasteiger partial charge in [0.05, 0.1) is 11.6 Å². The van der Waals surface area contributed by atoms with Crippen molar-refractivity contribution in [3.05, 3.63) is 52.5 Å². The van der Waals surface area contributed by atoms with E-state index in [2.05, 4.69) is 33.9 Å². The Labute approximate surface area is 125 Å². The van der Waals surface area contributed by atoms with Crippen LogP contribution in [0.1, 0.15) is 10.4 Å². The largest absolute Gasteiger partial charge is 0.495 e. The van der Waals surface area contributed by atoms with E-state index in [9.17, 15) is 4.79 Å². The minimum absolute atomic E-state index is 0.180. The first-order valence-corrected chi connectivity index (χ1v) is 6.78. The minimum atomic E-state index is -0.180. The number of ether oxygens (including phenoxy) is 1. The Kier molecular flexibility index (Phi) is 4.50. The van der Waals surface area contributed by atoms with Crippen molar-refractivity contribution in [3.8, 4) is 5.75 Å². The average Bonchev–Trinajstić information content (AvgIpc) is 2.41. The van der Waals surface area contributed by atoms with Crippen molar-refractivity contribution in [3.63, 3.8) is 0 Å². The molecule has 2 aromatic rings. The van der Waals surface area contributed by atoms with Gasteiger partial charge in [-0.15, -0.1) is 12.6 Å². The Balaban J connectivity index is 2.19. The molecule has 0 heterocycles. The van der Waals surface area contributed by atoms with Crippen LogP contribution in [0.3, 0.4) is 0 Å². The molecule has 1 N–H and O–H groups in total. The Morgan fingerprint density at radius 3 is 2.74 bits per heavy atom. The lowest BCUT2D eigenvalue weighted by atomic mass is 10.2. The van der Waals surface area contributed by atoms with Gasteiger partial charge in [-0.1, -0.05) is 6.07 Å². The van der Waals surface area contributed by atoms with E-state index in [1.54, 1.807) is 37.4 Å². The van der Waals surface area contributed by atoms with Gasteiger partial charge in [0.2, 0.25) is 0 Å². The van der Waals surface area contributed by atoms with Crippen LogP contribution in [-0.4, -0.2) is 13.0 Å². The third-order valence-corrected chi connectivity index (χ3v) is 3.45. The van der Waals surface area contributed by atoms with E-state index in [1.807, 2.05) is 12.1 Å². The van der Waals surface area contributed by atoms with Gasteiger partial charge in [-0.2, -0.15) is 0 Å². The molecule has 5 heteroatoms. The van der Waals surface area contributed by atoms with Crippen molar-refractivity contribution in [1.29, 1.82) is 0 Å². The first-order chi connectivity index (χ1) is 9.10. The fourth-order valence-corrected chi connectivity index (χ4v) is 2.22. The fraction of sp³-hybridized carbons (Fsp3) is 0.0714. The van der Waals surface area contributed by atoms with Gasteiger partial charge in [-0.05, 0) is 46.3 Å². The molecule has 19 heavy (non-hydrogen) atoms. The van der Waals surface area contributed by atoms with E-state index in [-0.39, 0.29) is 5.91 Å². The van der Waals surface area contributed by atoms with Gasteiger partial charge in [-0.3, -0.25) is 4.79 Å². The van der Waals surface area contributed by atoms with Gasteiger partial charge in [-0.25, -0.2) is 0 Å². The smallest absolute Gasteiger partial charge is 0.255 e. The molecule has 0 unspecified atom stereocenters. The molecule has 3 nitrogen and oxygen atoms in total. The summed E-state index contributed by atoms with van der Waals surface area (Å²) < 4.78 is 6.02. The summed E-state index contributed by atoms with van der Waals surface area (Å²) in [4.78, 5) is 12.8. The molecule has 0 bridgehead atoms. The van der Waals surface area contributed by atoms with Crippen LogP contribution in [0.15, 0.2) is 51.8 Å². The highest BCUT2D eigenvalue weighted by molar-refractivity contribution is 9.10. The van der Waals surface area contributed by atoms with Crippen LogP contribution in [0.4, 0.5) is 5.69 Å². The third-order valence-electron chi connectivity index (χ3n) is 2.52. The van der Waals surface area contributed by atoms with Crippen LogP contribution in [0, 0.1) is 0 Å². The molecule has 98 valence electrons. The molecule has 0 saturated carbocycles. The van der Waals surface area contributed by atoms with E-state index < -0.39 is 0 Å². The number of benzene rings is 2. The summed E-state index contributed by atoms with van der Waals surface area (Å²) in [7, 11) is 1.58. The zero-order chi connectivity index (χ0) is 13.8. The summed E-state index contributed by atoms with van der Waals surface area (Å²) >= 11 is 7.58. The molecular formula is C14H12BrNO2S. The van der Waals surface area contributed by atoms with Crippen LogP contribution in [0.2, 0.25) is 0 Å². The predicted octanol–water partition coefficient (Wildman–Crippen LogP) is 4.00. The van der Waals surface area contributed by atoms with E-state index in [0.717, 1.165) is 9.37 Å². The van der Waals surface area contributed by atoms with Crippen molar-refractivity contribution >= 4 is 40.2 Å². The zero-order valence-electron chi connectivity index (χ0n) is 10.2. The predicted molar refractivity (Wildman–Crippen MR) is 82.3 cm³/mol. The Morgan fingerprint density at radius 2 is 2.05 bits per heavy atom. The lowest BCUT2D eigenvalue weighted by Gasteiger charge is -2.08. The highest BCUT2D eigenvalue weighted by atomic mass is 79.9. The van der Waals surface area contributed by atoms with Crippen molar-refractivity contribution in [2.45, 2.75) is 4.90 Å². The number of methoxy groups -OCH3 is 1. The van der Waals surface area contributed by atoms with Crippen molar-refractivity contribution in [2.75, 3.05) is 12.4 Å². The molecule has 2 rings (SSSR count). The highest BCUT2D eigenvalue weighted by Crippen LogP contribution is 2.28. The molecule has 0 radical (unpaired) electrons. The van der Waals surface area contributed by atoms with Gasteiger partial charge < -0.3 is 10.1 Å². The lowest BCUT2D eigenvalue weighted by Crippen LogP contribution is -2.11. The maximum absolute atomic E-state index is 12.1. The summed E-state index contributed by atoms with van der Waals surface area (Å²) in [5.41, 5.74) is 1.24. The van der Waals surface area contributed by atoms with Crippen molar-refractivity contribution < 1.29 is 9.53 Å². The maximum Gasteiger partial charge on any atom is 0.255 e. The van der Waals surface area contributed by atoms with Crippen LogP contribution in [-0.2, 0) is 0 Å². The Bertz CT molecular complexity index is 616. The van der Waals surface area contributed by atoms with Gasteiger partial charge in [0.15, 0.2) is 0 Å². The van der Waals surface area contributed by atoms with Crippen LogP contribution in [0.25, 0.3) is 0 Å². The van der Waals surface area contributed by atoms with Gasteiger partial charge >= 0.3 is 0 Å². The lowest BCUT2D eigenvalue weighted by molar-refractivity contribution is 0.102. The molecule has 0 atom stereocenters. The summed E-state index contributed by atoms with van der Waals surface area (Å²) in [6.45, 7) is 0. The molecule has 0 fully saturated rings. The highest BCUT2D eigenvalue weighted by Gasteiger charge is 2.08. The number of rotatable bonds is 3. The van der Waals surface area contributed by atoms with E-state index >= 15 is 0 Å². The van der Waals surface area contributed by atoms with Gasteiger partial charge in [0, 0.05) is 22.2 Å². The number of amides is 1. The standard InChI is InChI=1S/C14H12BrNO2S/c1-18-13-8-10(5-6-12(13)15)16-14(17)9-3-2-4-11(19)7-9/h2-8,19H,1H3,(H,16,17). The SMILES string of the molecule is COc1cc(NC(=O)c2cccc(S)c2)ccc1Br. The van der Waals surface area contributed by atoms with Gasteiger partial charge in [0.25, 0.3) is 5.91 Å². The molecular weight excluding hydrogens is 326 g/mol. The molecule has 0 aliphatic heterocycles. The normalized spacial score (nSPS) is 10.1. The monoisotopic (exact) mass is 337 g/mol. The fourth-order valence-electron chi connectivity index (χ4n) is 1.59. The molecule has 0 spiro atoms. The number of hydrogen-bond donors (Lipinski definition) is 2. The maximum atomic E-state index is 12.1. The van der Waals surface area contributed by atoms with E-state index in [0.29, 0.717) is 17.0 Å². The van der Waals surface area contributed by atoms with Crippen LogP contribution in [0.5, 0.6) is 5.75 Å². The Hall–Kier alpha value is -1.46. The van der Waals surface area contributed by atoms with Crippen LogP contribution < -0.4 is 10.1 Å². The zero-order valence-corrected chi connectivity index (χ0v) is 12.7. The number of anilines is 1. The summed E-state index contributed by atoms with van der Waals surface area (Å²) in [5.74, 6) is 0.487. The Morgan fingerprint density at radius 1 is 1.26 bits per heavy atom. The summed E-state index contributed by atoms with van der Waals surface area (Å²) in [6, 6.07) is 12.5. The van der Waals surface area contributed by atoms with Crippen LogP contribution >= 0.6 is 28.6 Å². The average molecular weight is 338 g/mol. The molecule has 0 saturated heterocycles. The van der Waals surface area contributed by atoms with E-state index in [4.69, 9.17) is 4.74 Å². The second-order valence-electron chi connectivity index (χ2n) is 3.85. The summed E-state index contributed by atoms with van der Waals surface area (Å²) in [6.07, 6.45) is 0. The first-order valence-electron chi connectivity index (χ1n) is 5.54. The van der Waals surface area contributed by atoms with Gasteiger partial charge in [0.1, 0.15) is 5.75 Å². The first kappa shape index (κ1) is 14.0. The second-order valence-corrected chi connectivity index (χ2v) is 5.22. The molecule has 1 amide bonds. The number of halogens is 1.